The summed E-state index contributed by atoms with van der Waals surface area (Å²) in [6.45, 7) is 32.2. The van der Waals surface area contributed by atoms with Crippen LogP contribution in [0.25, 0.3) is 101 Å². The van der Waals surface area contributed by atoms with Gasteiger partial charge in [-0.15, -0.1) is 0 Å². The summed E-state index contributed by atoms with van der Waals surface area (Å²) in [4.78, 5) is 80.5. The summed E-state index contributed by atoms with van der Waals surface area (Å²) in [5.41, 5.74) is 21.2. The number of fused-ring (bicyclic) bond motifs is 1. The summed E-state index contributed by atoms with van der Waals surface area (Å²) in [5, 5.41) is 54.3. The molecule has 0 aliphatic heterocycles. The van der Waals surface area contributed by atoms with E-state index in [4.69, 9.17) is 40.3 Å². The van der Waals surface area contributed by atoms with Crippen LogP contribution < -0.4 is 4.74 Å². The van der Waals surface area contributed by atoms with Crippen LogP contribution in [0.1, 0.15) is 220 Å². The Bertz CT molecular complexity index is 6760. The Kier molecular flexibility index (Phi) is 35.8. The summed E-state index contributed by atoms with van der Waals surface area (Å²) in [6.07, 6.45) is 12.3. The van der Waals surface area contributed by atoms with Gasteiger partial charge in [-0.05, 0) is 180 Å². The molecule has 732 valence electrons. The third-order valence-electron chi connectivity index (χ3n) is 23.0. The number of aliphatic hydroxyl groups is 1. The lowest BCUT2D eigenvalue weighted by Gasteiger charge is -2.33. The number of unbranched alkanes of at least 4 members (excludes halogenated alkanes) is 2. The van der Waals surface area contributed by atoms with Crippen LogP contribution in [0.2, 0.25) is 5.15 Å². The lowest BCUT2D eigenvalue weighted by molar-refractivity contribution is -0.161. The van der Waals surface area contributed by atoms with Gasteiger partial charge in [-0.2, -0.15) is 66.6 Å². The predicted octanol–water partition coefficient (Wildman–Crippen LogP) is 22.2. The second-order valence-corrected chi connectivity index (χ2v) is 36.5. The largest absolute Gasteiger partial charge is 0.465 e. The number of nitrogens with one attached hydrogen (secondary N) is 4. The number of esters is 4. The number of carbonyl (C=O) groups excluding carboxylic acids is 5. The fraction of sp³-hybridized carbons (Fsp3) is 0.327. The highest BCUT2D eigenvalue weighted by molar-refractivity contribution is 6.32. The SMILES string of the molecule is CCCCC(=O)N(Cc1ccc(-c2ccccc2-c2cn[nH]n2)cc1)[C@H](C(=O)OC(C)C)C(C)C.CCCCc1nc(Cl)c(C(=O)OC(C)C)n1Cc1ccc(-c2ccccc2-c2cn[nH]n2)cc1.CCCc1nc(C(C)(C)O)c(C(=O)OC(C)C)n1Cc1ccc(-c2ccccc2-c2cn[nH]n2)cc1.CCOc1nc2cccc(C(=O)OC(C)C)c2n1Cc1ccc(-c2ccccc2-c2cn[nH]n2)cc1. The molecule has 16 rings (SSSR count). The normalized spacial score (nSPS) is 11.6. The Hall–Kier alpha value is -15.2. The maximum atomic E-state index is 13.2. The molecular formula is C110H124ClN19O11. The number of hydrogen-bond acceptors (Lipinski definition) is 22. The molecule has 31 heteroatoms. The second-order valence-electron chi connectivity index (χ2n) is 36.1. The summed E-state index contributed by atoms with van der Waals surface area (Å²) in [7, 11) is 0. The number of H-pyrrole nitrogens is 4. The molecule has 5 N–H and O–H groups in total. The standard InChI is InChI=1S/C28H27N5O3.C28H33N5O3.C28H36N4O3.C26H28ClN5O2/c1-4-35-28-30-24-11-7-10-23(27(34)36-18(2)3)26(24)33(28)17-19-12-14-20(15-13-19)21-8-5-6-9-22(21)25-16-29-32-31-25;1-6-9-24-30-26(28(4,5)35)25(27(34)36-18(2)3)33(24)17-19-12-14-20(15-13-19)21-10-7-8-11-22(21)23-16-29-32-31-23;1-6-7-12-26(33)32(27(19(2)3)28(34)35-20(4)5)18-21-13-15-22(16-14-21)23-10-8-9-11-24(23)25-17-29-31-30-25;1-4-5-10-23-29-25(27)24(26(33)34-17(2)3)32(23)16-18-11-13-19(14-12-18)20-8-6-7-9-21(20)22-15-28-31-30-22/h5-16,18H,4,17H2,1-3H3,(H,29,31,32);7-8,10-16,18,35H,6,9,17H2,1-5H3,(H,29,31,32);8-11,13-17,19-20,27H,6-7,12,18H2,1-5H3,(H,29,30,31);6-9,11-15,17H,4-5,10,16H2,1-3H3,(H,28,30,31)/t;;27-;/m..0./s1. The molecule has 141 heavy (non-hydrogen) atoms. The van der Waals surface area contributed by atoms with E-state index in [1.165, 1.54) is 0 Å². The van der Waals surface area contributed by atoms with Crippen LogP contribution in [0.5, 0.6) is 6.01 Å². The van der Waals surface area contributed by atoms with Crippen molar-refractivity contribution in [3.63, 3.8) is 0 Å². The van der Waals surface area contributed by atoms with Gasteiger partial charge in [-0.3, -0.25) is 9.36 Å². The molecule has 1 amide bonds. The quantitative estimate of drug-likeness (QED) is 0.0178. The number of aryl methyl sites for hydroxylation is 2. The first-order valence-electron chi connectivity index (χ1n) is 48.0. The van der Waals surface area contributed by atoms with Gasteiger partial charge >= 0.3 is 23.9 Å². The summed E-state index contributed by atoms with van der Waals surface area (Å²) >= 11 is 6.40. The maximum Gasteiger partial charge on any atom is 0.358 e. The molecule has 0 aliphatic rings. The maximum absolute atomic E-state index is 13.2. The molecule has 1 atom stereocenters. The molecule has 9 aromatic carbocycles. The fourth-order valence-electron chi connectivity index (χ4n) is 16.5. The van der Waals surface area contributed by atoms with Crippen molar-refractivity contribution in [2.75, 3.05) is 6.61 Å². The number of benzene rings is 9. The van der Waals surface area contributed by atoms with Crippen molar-refractivity contribution in [3.8, 4) is 95.5 Å². The first-order valence-corrected chi connectivity index (χ1v) is 48.4. The van der Waals surface area contributed by atoms with Gasteiger partial charge in [0.05, 0.1) is 79.0 Å². The number of carbonyl (C=O) groups is 5. The van der Waals surface area contributed by atoms with Gasteiger partial charge in [0.25, 0.3) is 6.01 Å². The lowest BCUT2D eigenvalue weighted by atomic mass is 9.96. The number of halogens is 1. The highest BCUT2D eigenvalue weighted by atomic mass is 35.5. The molecule has 0 saturated carbocycles. The minimum atomic E-state index is -1.28. The Morgan fingerprint density at radius 2 is 0.787 bits per heavy atom. The Labute approximate surface area is 826 Å². The molecule has 0 fully saturated rings. The Morgan fingerprint density at radius 1 is 0.411 bits per heavy atom. The molecule has 16 aromatic rings. The Balaban J connectivity index is 0.000000158. The highest BCUT2D eigenvalue weighted by Crippen LogP contribution is 2.39. The van der Waals surface area contributed by atoms with E-state index in [0.717, 1.165) is 162 Å². The van der Waals surface area contributed by atoms with Crippen LogP contribution in [-0.4, -0.2) is 167 Å². The third kappa shape index (κ3) is 26.5. The summed E-state index contributed by atoms with van der Waals surface area (Å²) in [5.74, 6) is -0.192. The number of aromatic nitrogens is 18. The number of ether oxygens (including phenoxy) is 5. The van der Waals surface area contributed by atoms with Crippen molar-refractivity contribution >= 4 is 52.4 Å². The van der Waals surface area contributed by atoms with Gasteiger partial charge in [0.15, 0.2) is 16.5 Å². The molecule has 0 saturated heterocycles. The molecular weight excluding hydrogens is 1800 g/mol. The monoisotopic (exact) mass is 1920 g/mol. The predicted molar refractivity (Wildman–Crippen MR) is 546 cm³/mol. The van der Waals surface area contributed by atoms with Gasteiger partial charge in [0.1, 0.15) is 51.8 Å². The number of amides is 1. The van der Waals surface area contributed by atoms with Gasteiger partial charge in [-0.1, -0.05) is 259 Å². The zero-order valence-corrected chi connectivity index (χ0v) is 83.5. The van der Waals surface area contributed by atoms with E-state index in [9.17, 15) is 29.1 Å². The van der Waals surface area contributed by atoms with Gasteiger partial charge in [-0.25, -0.2) is 29.1 Å². The number of rotatable bonds is 37. The molecule has 7 aromatic heterocycles. The van der Waals surface area contributed by atoms with E-state index in [0.29, 0.717) is 85.3 Å². The van der Waals surface area contributed by atoms with Crippen LogP contribution >= 0.6 is 11.6 Å². The Morgan fingerprint density at radius 3 is 1.16 bits per heavy atom. The number of nitrogens with zero attached hydrogens (tertiary/aromatic N) is 15. The number of aromatic amines is 4. The van der Waals surface area contributed by atoms with Crippen LogP contribution in [0.15, 0.2) is 237 Å². The number of hydrogen-bond donors (Lipinski definition) is 5. The van der Waals surface area contributed by atoms with Gasteiger partial charge in [0, 0.05) is 61.2 Å². The molecule has 0 unspecified atom stereocenters. The molecule has 0 spiro atoms. The van der Waals surface area contributed by atoms with E-state index < -0.39 is 23.6 Å². The second kappa shape index (κ2) is 48.9. The summed E-state index contributed by atoms with van der Waals surface area (Å²) < 4.78 is 33.6. The average Bonchev–Trinajstić information content (AvgIpc) is 1.62. The smallest absolute Gasteiger partial charge is 0.358 e. The molecule has 7 heterocycles. The first-order chi connectivity index (χ1) is 68.0. The van der Waals surface area contributed by atoms with E-state index in [1.54, 1.807) is 49.6 Å². The van der Waals surface area contributed by atoms with Gasteiger partial charge < -0.3 is 42.8 Å². The van der Waals surface area contributed by atoms with E-state index in [1.807, 2.05) is 211 Å². The average molecular weight is 1920 g/mol. The van der Waals surface area contributed by atoms with Crippen molar-refractivity contribution < 1.29 is 52.8 Å². The van der Waals surface area contributed by atoms with Crippen molar-refractivity contribution in [3.05, 3.63) is 299 Å². The zero-order valence-electron chi connectivity index (χ0n) is 82.8. The zero-order chi connectivity index (χ0) is 100. The van der Waals surface area contributed by atoms with Crippen molar-refractivity contribution in [2.24, 2.45) is 5.92 Å². The van der Waals surface area contributed by atoms with Crippen LogP contribution in [0.3, 0.4) is 0 Å². The molecule has 0 bridgehead atoms. The topological polar surface area (TPSA) is 375 Å². The molecule has 0 aliphatic carbocycles. The first kappa shape index (κ1) is 103. The minimum Gasteiger partial charge on any atom is -0.465 e. The minimum absolute atomic E-state index is 0.0216. The lowest BCUT2D eigenvalue weighted by Crippen LogP contribution is -2.48. The molecule has 30 nitrogen and oxygen atoms in total. The van der Waals surface area contributed by atoms with Crippen molar-refractivity contribution in [1.29, 1.82) is 0 Å². The van der Waals surface area contributed by atoms with Crippen LogP contribution in [0, 0.1) is 5.92 Å². The number of imidazole rings is 3. The summed E-state index contributed by atoms with van der Waals surface area (Å²) in [6, 6.07) is 70.5. The highest BCUT2D eigenvalue weighted by Gasteiger charge is 2.36. The van der Waals surface area contributed by atoms with Crippen LogP contribution in [0.4, 0.5) is 0 Å². The van der Waals surface area contributed by atoms with Crippen molar-refractivity contribution in [1.82, 2.24) is 95.2 Å². The van der Waals surface area contributed by atoms with Crippen LogP contribution in [-0.2, 0) is 73.2 Å². The number of para-hydroxylation sites is 1. The van der Waals surface area contributed by atoms with Crippen molar-refractivity contribution in [2.45, 2.75) is 224 Å². The van der Waals surface area contributed by atoms with E-state index >= 15 is 0 Å². The van der Waals surface area contributed by atoms with E-state index in [2.05, 4.69) is 177 Å². The van der Waals surface area contributed by atoms with Gasteiger partial charge in [0.2, 0.25) is 5.91 Å². The third-order valence-corrected chi connectivity index (χ3v) is 23.3. The fourth-order valence-corrected chi connectivity index (χ4v) is 16.8. The van der Waals surface area contributed by atoms with E-state index in [-0.39, 0.29) is 53.3 Å². The molecule has 0 radical (unpaired) electrons.